The molecular formula is C26H17B. The van der Waals surface area contributed by atoms with Gasteiger partial charge in [-0.2, -0.15) is 0 Å². The highest BCUT2D eigenvalue weighted by molar-refractivity contribution is 6.32. The van der Waals surface area contributed by atoms with E-state index in [1.807, 2.05) is 6.07 Å². The SMILES string of the molecule is [B]c1ccc2c(c1)C1(c3ccccc3Cc3ccccc31)c1ccccc1-2. The molecular weight excluding hydrogens is 323 g/mol. The predicted octanol–water partition coefficient (Wildman–Crippen LogP) is 4.75. The lowest BCUT2D eigenvalue weighted by Gasteiger charge is -2.40. The number of fused-ring (bicyclic) bond motifs is 9. The topological polar surface area (TPSA) is 0 Å². The number of rotatable bonds is 0. The molecule has 27 heavy (non-hydrogen) atoms. The van der Waals surface area contributed by atoms with E-state index in [4.69, 9.17) is 7.85 Å². The fraction of sp³-hybridized carbons (Fsp3) is 0.0769. The van der Waals surface area contributed by atoms with Crippen molar-refractivity contribution in [3.63, 3.8) is 0 Å². The molecule has 4 aromatic rings. The van der Waals surface area contributed by atoms with E-state index in [-0.39, 0.29) is 5.41 Å². The van der Waals surface area contributed by atoms with E-state index in [9.17, 15) is 0 Å². The maximum Gasteiger partial charge on any atom is 0.113 e. The second-order valence-electron chi connectivity index (χ2n) is 7.59. The van der Waals surface area contributed by atoms with Crippen LogP contribution >= 0.6 is 0 Å². The molecule has 6 rings (SSSR count). The normalized spacial score (nSPS) is 15.0. The molecule has 0 atom stereocenters. The Balaban J connectivity index is 1.87. The minimum absolute atomic E-state index is 0.285. The van der Waals surface area contributed by atoms with E-state index in [0.717, 1.165) is 11.9 Å². The van der Waals surface area contributed by atoms with Crippen LogP contribution in [0.2, 0.25) is 0 Å². The van der Waals surface area contributed by atoms with Gasteiger partial charge in [0.25, 0.3) is 0 Å². The van der Waals surface area contributed by atoms with Gasteiger partial charge in [0.1, 0.15) is 7.85 Å². The van der Waals surface area contributed by atoms with Gasteiger partial charge in [-0.25, -0.2) is 0 Å². The van der Waals surface area contributed by atoms with Crippen LogP contribution < -0.4 is 5.46 Å². The molecule has 0 saturated carbocycles. The second kappa shape index (κ2) is 5.23. The first-order chi connectivity index (χ1) is 13.3. The Morgan fingerprint density at radius 2 is 1.11 bits per heavy atom. The predicted molar refractivity (Wildman–Crippen MR) is 112 cm³/mol. The zero-order valence-corrected chi connectivity index (χ0v) is 14.9. The van der Waals surface area contributed by atoms with Gasteiger partial charge in [-0.15, -0.1) is 0 Å². The summed E-state index contributed by atoms with van der Waals surface area (Å²) in [5, 5.41) is 0. The van der Waals surface area contributed by atoms with Crippen molar-refractivity contribution in [1.29, 1.82) is 0 Å². The summed E-state index contributed by atoms with van der Waals surface area (Å²) in [5.74, 6) is 0. The van der Waals surface area contributed by atoms with Crippen LogP contribution in [0.4, 0.5) is 0 Å². The number of benzene rings is 4. The lowest BCUT2D eigenvalue weighted by Crippen LogP contribution is -2.34. The van der Waals surface area contributed by atoms with Crippen LogP contribution in [-0.2, 0) is 11.8 Å². The Labute approximate surface area is 160 Å². The summed E-state index contributed by atoms with van der Waals surface area (Å²) in [6, 6.07) is 33.1. The van der Waals surface area contributed by atoms with Gasteiger partial charge in [0.15, 0.2) is 0 Å². The lowest BCUT2D eigenvalue weighted by atomic mass is 9.61. The molecule has 0 aromatic heterocycles. The third kappa shape index (κ3) is 1.79. The van der Waals surface area contributed by atoms with Crippen LogP contribution in [0.3, 0.4) is 0 Å². The van der Waals surface area contributed by atoms with E-state index in [1.165, 1.54) is 44.5 Å². The summed E-state index contributed by atoms with van der Waals surface area (Å²) in [5.41, 5.74) is 11.4. The first kappa shape index (κ1) is 15.0. The van der Waals surface area contributed by atoms with Crippen molar-refractivity contribution >= 4 is 13.3 Å². The van der Waals surface area contributed by atoms with E-state index < -0.39 is 0 Å². The molecule has 0 heterocycles. The molecule has 2 aliphatic carbocycles. The van der Waals surface area contributed by atoms with E-state index in [2.05, 4.69) is 84.9 Å². The highest BCUT2D eigenvalue weighted by atomic mass is 14.5. The van der Waals surface area contributed by atoms with Gasteiger partial charge in [0.05, 0.1) is 5.41 Å². The van der Waals surface area contributed by atoms with Crippen LogP contribution in [0, 0.1) is 0 Å². The highest BCUT2D eigenvalue weighted by Crippen LogP contribution is 2.58. The fourth-order valence-electron chi connectivity index (χ4n) is 5.31. The maximum absolute atomic E-state index is 6.30. The number of hydrogen-bond acceptors (Lipinski definition) is 0. The summed E-state index contributed by atoms with van der Waals surface area (Å²) < 4.78 is 0. The molecule has 0 nitrogen and oxygen atoms in total. The summed E-state index contributed by atoms with van der Waals surface area (Å²) in [6.07, 6.45) is 0.980. The van der Waals surface area contributed by atoms with Crippen molar-refractivity contribution in [1.82, 2.24) is 0 Å². The quantitative estimate of drug-likeness (QED) is 0.350. The van der Waals surface area contributed by atoms with Crippen LogP contribution in [-0.4, -0.2) is 7.85 Å². The molecule has 4 aromatic carbocycles. The smallest absolute Gasteiger partial charge is 0.0963 e. The van der Waals surface area contributed by atoms with Gasteiger partial charge in [-0.3, -0.25) is 0 Å². The Morgan fingerprint density at radius 3 is 1.81 bits per heavy atom. The van der Waals surface area contributed by atoms with E-state index in [0.29, 0.717) is 0 Å². The molecule has 0 aliphatic heterocycles. The van der Waals surface area contributed by atoms with Gasteiger partial charge in [-0.05, 0) is 50.9 Å². The molecule has 0 bridgehead atoms. The zero-order chi connectivity index (χ0) is 18.0. The summed E-state index contributed by atoms with van der Waals surface area (Å²) in [7, 11) is 6.30. The maximum atomic E-state index is 6.30. The van der Waals surface area contributed by atoms with Crippen molar-refractivity contribution < 1.29 is 0 Å². The lowest BCUT2D eigenvalue weighted by molar-refractivity contribution is 0.722. The Morgan fingerprint density at radius 1 is 0.556 bits per heavy atom. The molecule has 0 saturated heterocycles. The molecule has 0 amide bonds. The molecule has 1 spiro atoms. The Bertz CT molecular complexity index is 1170. The largest absolute Gasteiger partial charge is 0.113 e. The van der Waals surface area contributed by atoms with Crippen molar-refractivity contribution in [3.8, 4) is 11.1 Å². The van der Waals surface area contributed by atoms with Crippen LogP contribution in [0.15, 0.2) is 91.0 Å². The van der Waals surface area contributed by atoms with Gasteiger partial charge >= 0.3 is 0 Å². The van der Waals surface area contributed by atoms with E-state index >= 15 is 0 Å². The molecule has 1 heteroatoms. The first-order valence-corrected chi connectivity index (χ1v) is 9.47. The minimum atomic E-state index is -0.285. The van der Waals surface area contributed by atoms with Crippen molar-refractivity contribution in [2.75, 3.05) is 0 Å². The van der Waals surface area contributed by atoms with Crippen LogP contribution in [0.1, 0.15) is 33.4 Å². The van der Waals surface area contributed by atoms with Gasteiger partial charge in [0, 0.05) is 0 Å². The van der Waals surface area contributed by atoms with Gasteiger partial charge in [0.2, 0.25) is 0 Å². The molecule has 0 fully saturated rings. The average molecular weight is 340 g/mol. The van der Waals surface area contributed by atoms with Crippen molar-refractivity contribution in [2.45, 2.75) is 11.8 Å². The summed E-state index contributed by atoms with van der Waals surface area (Å²) in [4.78, 5) is 0. The molecule has 124 valence electrons. The summed E-state index contributed by atoms with van der Waals surface area (Å²) in [6.45, 7) is 0. The molecule has 2 aliphatic rings. The summed E-state index contributed by atoms with van der Waals surface area (Å²) >= 11 is 0. The standard InChI is InChI=1S/C26H17B/c27-19-13-14-21-20-9-3-6-12-24(20)26(25(21)16-19)22-10-4-1-7-17(22)15-18-8-2-5-11-23(18)26/h1-14,16H,15H2. The van der Waals surface area contributed by atoms with Crippen LogP contribution in [0.25, 0.3) is 11.1 Å². The Hall–Kier alpha value is -3.06. The molecule has 0 unspecified atom stereocenters. The Kier molecular flexibility index (Phi) is 2.92. The van der Waals surface area contributed by atoms with Crippen LogP contribution in [0.5, 0.6) is 0 Å². The highest BCUT2D eigenvalue weighted by Gasteiger charge is 2.49. The van der Waals surface area contributed by atoms with Gasteiger partial charge in [-0.1, -0.05) is 96.5 Å². The third-order valence-corrected chi connectivity index (χ3v) is 6.29. The first-order valence-electron chi connectivity index (χ1n) is 9.47. The van der Waals surface area contributed by atoms with E-state index in [1.54, 1.807) is 0 Å². The second-order valence-corrected chi connectivity index (χ2v) is 7.59. The number of hydrogen-bond donors (Lipinski definition) is 0. The third-order valence-electron chi connectivity index (χ3n) is 6.29. The zero-order valence-electron chi connectivity index (χ0n) is 14.9. The fourth-order valence-corrected chi connectivity index (χ4v) is 5.31. The van der Waals surface area contributed by atoms with Crippen molar-refractivity contribution in [3.05, 3.63) is 124 Å². The monoisotopic (exact) mass is 340 g/mol. The van der Waals surface area contributed by atoms with Crippen molar-refractivity contribution in [2.24, 2.45) is 0 Å². The average Bonchev–Trinajstić information content (AvgIpc) is 2.99. The molecule has 0 N–H and O–H groups in total. The molecule has 2 radical (unpaired) electrons. The minimum Gasteiger partial charge on any atom is -0.0963 e. The van der Waals surface area contributed by atoms with Gasteiger partial charge < -0.3 is 0 Å².